The highest BCUT2D eigenvalue weighted by Gasteiger charge is 2.54. The summed E-state index contributed by atoms with van der Waals surface area (Å²) in [6.07, 6.45) is 3.39. The van der Waals surface area contributed by atoms with E-state index in [1.165, 1.54) is 23.8 Å². The predicted molar refractivity (Wildman–Crippen MR) is 110 cm³/mol. The Morgan fingerprint density at radius 1 is 1.47 bits per heavy atom. The number of carboxylic acid groups (broad SMARTS) is 1. The molecule has 0 spiro atoms. The summed E-state index contributed by atoms with van der Waals surface area (Å²) in [5.74, 6) is -1.41. The number of amides is 2. The van der Waals surface area contributed by atoms with Crippen molar-refractivity contribution in [1.82, 2.24) is 10.2 Å². The van der Waals surface area contributed by atoms with Crippen LogP contribution in [0.3, 0.4) is 0 Å². The van der Waals surface area contributed by atoms with Crippen LogP contribution in [-0.2, 0) is 21.0 Å². The molecule has 0 aromatic heterocycles. The quantitative estimate of drug-likeness (QED) is 0.456. The van der Waals surface area contributed by atoms with Crippen molar-refractivity contribution in [3.63, 3.8) is 0 Å². The molecule has 2 aliphatic rings. The minimum Gasteiger partial charge on any atom is -0.496 e. The number of carbonyl (C=O) groups is 3. The highest BCUT2D eigenvalue weighted by atomic mass is 32.2. The van der Waals surface area contributed by atoms with Crippen LogP contribution in [0.2, 0.25) is 0 Å². The molecule has 3 rings (SSSR count). The van der Waals surface area contributed by atoms with Crippen LogP contribution < -0.4 is 15.8 Å². The molecular formula is C20H23N3O6S. The Kier molecular flexibility index (Phi) is 6.49. The predicted octanol–water partition coefficient (Wildman–Crippen LogP) is 0.502. The van der Waals surface area contributed by atoms with Crippen molar-refractivity contribution in [3.05, 3.63) is 52.7 Å². The number of benzene rings is 1. The lowest BCUT2D eigenvalue weighted by Gasteiger charge is -2.49. The third kappa shape index (κ3) is 3.81. The van der Waals surface area contributed by atoms with E-state index in [4.69, 9.17) is 10.5 Å². The maximum absolute atomic E-state index is 12.7. The van der Waals surface area contributed by atoms with Crippen LogP contribution in [0.25, 0.3) is 0 Å². The number of rotatable bonds is 7. The van der Waals surface area contributed by atoms with Gasteiger partial charge in [-0.15, -0.1) is 11.8 Å². The zero-order chi connectivity index (χ0) is 22.0. The number of carbonyl (C=O) groups excluding carboxylic acids is 2. The van der Waals surface area contributed by atoms with E-state index in [2.05, 4.69) is 5.32 Å². The number of nitrogens with two attached hydrogens (primary N) is 1. The van der Waals surface area contributed by atoms with Crippen LogP contribution in [0.4, 0.5) is 0 Å². The van der Waals surface area contributed by atoms with Gasteiger partial charge in [-0.25, -0.2) is 4.79 Å². The van der Waals surface area contributed by atoms with Gasteiger partial charge in [0.25, 0.3) is 5.91 Å². The Bertz CT molecular complexity index is 944. The van der Waals surface area contributed by atoms with Crippen LogP contribution in [-0.4, -0.2) is 57.2 Å². The van der Waals surface area contributed by atoms with Crippen molar-refractivity contribution in [3.8, 4) is 5.75 Å². The summed E-state index contributed by atoms with van der Waals surface area (Å²) in [5, 5.41) is 21.0. The largest absolute Gasteiger partial charge is 0.496 e. The van der Waals surface area contributed by atoms with E-state index in [1.807, 2.05) is 0 Å². The van der Waals surface area contributed by atoms with Gasteiger partial charge in [-0.3, -0.25) is 14.5 Å². The van der Waals surface area contributed by atoms with Crippen molar-refractivity contribution in [2.45, 2.75) is 31.0 Å². The summed E-state index contributed by atoms with van der Waals surface area (Å²) < 4.78 is 5.19. The van der Waals surface area contributed by atoms with Crippen molar-refractivity contribution in [1.29, 1.82) is 0 Å². The summed E-state index contributed by atoms with van der Waals surface area (Å²) in [4.78, 5) is 38.2. The van der Waals surface area contributed by atoms with Gasteiger partial charge in [-0.1, -0.05) is 24.3 Å². The second kappa shape index (κ2) is 8.90. The molecule has 0 radical (unpaired) electrons. The third-order valence-corrected chi connectivity index (χ3v) is 6.29. The number of β-lactam (4-membered cyclic amide) rings is 1. The first-order valence-corrected chi connectivity index (χ1v) is 10.3. The lowest BCUT2D eigenvalue weighted by Crippen LogP contribution is -2.71. The van der Waals surface area contributed by atoms with E-state index in [0.717, 1.165) is 0 Å². The molecule has 2 amide bonds. The number of thioether (sulfide) groups is 1. The molecule has 9 nitrogen and oxygen atoms in total. The van der Waals surface area contributed by atoms with Gasteiger partial charge in [0.1, 0.15) is 28.9 Å². The second-order valence-electron chi connectivity index (χ2n) is 6.78. The Morgan fingerprint density at radius 2 is 2.20 bits per heavy atom. The molecule has 0 saturated carbocycles. The number of carboxylic acids is 1. The lowest BCUT2D eigenvalue weighted by molar-refractivity contribution is -0.150. The number of aliphatic hydroxyl groups is 1. The summed E-state index contributed by atoms with van der Waals surface area (Å²) >= 11 is 1.38. The highest BCUT2D eigenvalue weighted by Crippen LogP contribution is 2.40. The summed E-state index contributed by atoms with van der Waals surface area (Å²) in [6, 6.07) is 2.87. The Hall–Kier alpha value is -2.82. The van der Waals surface area contributed by atoms with E-state index in [1.54, 1.807) is 37.3 Å². The molecule has 1 unspecified atom stereocenters. The lowest BCUT2D eigenvalue weighted by atomic mass is 10.0. The number of allylic oxidation sites excluding steroid dienone is 2. The Morgan fingerprint density at radius 3 is 2.80 bits per heavy atom. The average Bonchev–Trinajstić information content (AvgIpc) is 2.75. The third-order valence-electron chi connectivity index (χ3n) is 4.99. The molecule has 1 aromatic rings. The fourth-order valence-electron chi connectivity index (χ4n) is 3.45. The first-order chi connectivity index (χ1) is 14.3. The number of nitrogens with zero attached hydrogens (tertiary/aromatic N) is 1. The van der Waals surface area contributed by atoms with Crippen molar-refractivity contribution in [2.75, 3.05) is 12.9 Å². The number of hydrogen-bond donors (Lipinski definition) is 4. The van der Waals surface area contributed by atoms with Gasteiger partial charge in [0.05, 0.1) is 13.7 Å². The number of ether oxygens (including phenoxy) is 1. The Balaban J connectivity index is 1.75. The molecular weight excluding hydrogens is 410 g/mol. The molecule has 0 bridgehead atoms. The topological polar surface area (TPSA) is 142 Å². The molecule has 2 aliphatic heterocycles. The zero-order valence-corrected chi connectivity index (χ0v) is 17.3. The Labute approximate surface area is 177 Å². The number of methoxy groups -OCH3 is 1. The first kappa shape index (κ1) is 21.9. The smallest absolute Gasteiger partial charge is 0.352 e. The minimum absolute atomic E-state index is 0.0547. The molecule has 10 heteroatoms. The molecule has 1 fully saturated rings. The van der Waals surface area contributed by atoms with Gasteiger partial charge >= 0.3 is 5.97 Å². The van der Waals surface area contributed by atoms with E-state index < -0.39 is 35.2 Å². The van der Waals surface area contributed by atoms with Gasteiger partial charge in [0.2, 0.25) is 5.91 Å². The maximum Gasteiger partial charge on any atom is 0.352 e. The van der Waals surface area contributed by atoms with Crippen LogP contribution in [0.1, 0.15) is 24.1 Å². The van der Waals surface area contributed by atoms with Gasteiger partial charge in [0.15, 0.2) is 0 Å². The van der Waals surface area contributed by atoms with Gasteiger partial charge in [0, 0.05) is 11.3 Å². The van der Waals surface area contributed by atoms with E-state index in [-0.39, 0.29) is 12.3 Å². The molecule has 5 N–H and O–H groups in total. The van der Waals surface area contributed by atoms with E-state index >= 15 is 0 Å². The highest BCUT2D eigenvalue weighted by molar-refractivity contribution is 8.00. The second-order valence-corrected chi connectivity index (χ2v) is 7.89. The summed E-state index contributed by atoms with van der Waals surface area (Å²) in [7, 11) is 1.45. The van der Waals surface area contributed by atoms with Crippen LogP contribution >= 0.6 is 11.8 Å². The normalized spacial score (nSPS) is 21.9. The number of hydrogen-bond acceptors (Lipinski definition) is 7. The molecule has 160 valence electrons. The summed E-state index contributed by atoms with van der Waals surface area (Å²) in [6.45, 7) is 1.55. The monoisotopic (exact) mass is 433 g/mol. The fourth-order valence-corrected chi connectivity index (χ4v) is 4.77. The standard InChI is InChI=1S/C20H23N3O6S/c1-3-4-12-9-30-19-15(18(26)23(19)16(12)20(27)28)22-17(25)14(21)10-5-6-11(8-24)13(7-10)29-2/h3-7,14-15,19,24H,8-9,21H2,1-2H3,(H,22,25)(H,27,28)/b4-3-/t14-,15?,19+/m1/s1. The molecule has 30 heavy (non-hydrogen) atoms. The van der Waals surface area contributed by atoms with Crippen molar-refractivity contribution < 1.29 is 29.3 Å². The minimum atomic E-state index is -1.18. The van der Waals surface area contributed by atoms with Gasteiger partial charge < -0.3 is 26.0 Å². The molecule has 2 heterocycles. The molecule has 3 atom stereocenters. The first-order valence-electron chi connectivity index (χ1n) is 9.21. The molecule has 0 aliphatic carbocycles. The zero-order valence-electron chi connectivity index (χ0n) is 16.5. The average molecular weight is 433 g/mol. The van der Waals surface area contributed by atoms with Gasteiger partial charge in [-0.05, 0) is 24.1 Å². The van der Waals surface area contributed by atoms with E-state index in [0.29, 0.717) is 28.2 Å². The van der Waals surface area contributed by atoms with E-state index in [9.17, 15) is 24.6 Å². The number of aliphatic carboxylic acids is 1. The van der Waals surface area contributed by atoms with Gasteiger partial charge in [-0.2, -0.15) is 0 Å². The van der Waals surface area contributed by atoms with Crippen LogP contribution in [0.5, 0.6) is 5.75 Å². The fraction of sp³-hybridized carbons (Fsp3) is 0.350. The number of nitrogens with one attached hydrogen (secondary N) is 1. The number of aliphatic hydroxyl groups excluding tert-OH is 1. The van der Waals surface area contributed by atoms with Crippen LogP contribution in [0.15, 0.2) is 41.6 Å². The van der Waals surface area contributed by atoms with Crippen LogP contribution in [0, 0.1) is 0 Å². The molecule has 1 saturated heterocycles. The molecule has 1 aromatic carbocycles. The van der Waals surface area contributed by atoms with Crippen molar-refractivity contribution >= 4 is 29.5 Å². The van der Waals surface area contributed by atoms with Crippen molar-refractivity contribution in [2.24, 2.45) is 5.73 Å². The maximum atomic E-state index is 12.7. The SMILES string of the molecule is C/C=C\C1=C(C(=O)O)N2C(=O)C(NC(=O)[C@H](N)c3ccc(CO)c(OC)c3)[C@@H]2SC1. The number of fused-ring (bicyclic) bond motifs is 1. The summed E-state index contributed by atoms with van der Waals surface area (Å²) in [5.41, 5.74) is 7.57.